The van der Waals surface area contributed by atoms with Gasteiger partial charge in [-0.05, 0) is 49.7 Å². The molecule has 0 saturated heterocycles. The summed E-state index contributed by atoms with van der Waals surface area (Å²) in [6.07, 6.45) is 0. The van der Waals surface area contributed by atoms with E-state index in [1.165, 1.54) is 23.5 Å². The van der Waals surface area contributed by atoms with Gasteiger partial charge in [0.15, 0.2) is 6.61 Å². The molecule has 0 saturated carbocycles. The monoisotopic (exact) mass is 463 g/mol. The Hall–Kier alpha value is -4.05. The molecular weight excluding hydrogens is 442 g/mol. The SMILES string of the molecule is C=C(C)CN=c1scc(-c2ccc3c(c2)NC(=O)CO3)n1N=C(C)c1ccc([N+](=O)[O-])cc1. The van der Waals surface area contributed by atoms with Crippen LogP contribution in [0.3, 0.4) is 0 Å². The number of nitrogens with zero attached hydrogens (tertiary/aromatic N) is 4. The Morgan fingerprint density at radius 1 is 1.27 bits per heavy atom. The van der Waals surface area contributed by atoms with Gasteiger partial charge in [0.05, 0.1) is 28.6 Å². The zero-order valence-corrected chi connectivity index (χ0v) is 18.9. The van der Waals surface area contributed by atoms with E-state index in [4.69, 9.17) is 9.84 Å². The summed E-state index contributed by atoms with van der Waals surface area (Å²) in [4.78, 5) is 27.6. The van der Waals surface area contributed by atoms with Gasteiger partial charge in [-0.15, -0.1) is 11.3 Å². The number of aromatic nitrogens is 1. The number of fused-ring (bicyclic) bond motifs is 1. The van der Waals surface area contributed by atoms with Crippen molar-refractivity contribution in [3.63, 3.8) is 0 Å². The van der Waals surface area contributed by atoms with Crippen LogP contribution in [0.2, 0.25) is 0 Å². The zero-order chi connectivity index (χ0) is 23.5. The third kappa shape index (κ3) is 4.90. The van der Waals surface area contributed by atoms with E-state index in [2.05, 4.69) is 16.9 Å². The van der Waals surface area contributed by atoms with Gasteiger partial charge in [-0.25, -0.2) is 4.68 Å². The lowest BCUT2D eigenvalue weighted by molar-refractivity contribution is -0.384. The second-order valence-corrected chi connectivity index (χ2v) is 8.36. The number of nitrogens with one attached hydrogen (secondary N) is 1. The number of nitro benzene ring substituents is 1. The van der Waals surface area contributed by atoms with Crippen LogP contribution < -0.4 is 14.9 Å². The molecule has 168 valence electrons. The van der Waals surface area contributed by atoms with Gasteiger partial charge >= 0.3 is 0 Å². The summed E-state index contributed by atoms with van der Waals surface area (Å²) in [6.45, 7) is 8.09. The first-order valence-corrected chi connectivity index (χ1v) is 10.9. The minimum atomic E-state index is -0.435. The molecule has 1 N–H and O–H groups in total. The number of rotatable bonds is 6. The quantitative estimate of drug-likeness (QED) is 0.255. The number of hydrogen-bond donors (Lipinski definition) is 1. The molecule has 1 amide bonds. The fourth-order valence-electron chi connectivity index (χ4n) is 3.18. The van der Waals surface area contributed by atoms with Gasteiger partial charge in [0, 0.05) is 23.1 Å². The molecule has 0 atom stereocenters. The summed E-state index contributed by atoms with van der Waals surface area (Å²) in [7, 11) is 0. The number of hydrogen-bond acceptors (Lipinski definition) is 7. The molecule has 1 aliphatic rings. The molecule has 0 bridgehead atoms. The van der Waals surface area contributed by atoms with Crippen molar-refractivity contribution >= 4 is 34.3 Å². The van der Waals surface area contributed by atoms with Crippen molar-refractivity contribution in [3.8, 4) is 17.0 Å². The molecule has 0 unspecified atom stereocenters. The largest absolute Gasteiger partial charge is 0.482 e. The standard InChI is InChI=1S/C23H21N5O4S/c1-14(2)11-24-23-27(26-15(3)16-4-7-18(8-5-16)28(30)31)20(13-33-23)17-6-9-21-19(10-17)25-22(29)12-32-21/h4-10,13H,1,11-12H2,2-3H3,(H,25,29). The number of ether oxygens (including phenoxy) is 1. The Morgan fingerprint density at radius 2 is 2.03 bits per heavy atom. The number of non-ortho nitro benzene ring substituents is 1. The van der Waals surface area contributed by atoms with Crippen LogP contribution in [-0.4, -0.2) is 34.4 Å². The lowest BCUT2D eigenvalue weighted by atomic mass is 10.1. The van der Waals surface area contributed by atoms with Crippen molar-refractivity contribution in [2.45, 2.75) is 13.8 Å². The normalized spacial score (nSPS) is 13.8. The first-order chi connectivity index (χ1) is 15.8. The van der Waals surface area contributed by atoms with Crippen molar-refractivity contribution < 1.29 is 14.5 Å². The Kier molecular flexibility index (Phi) is 6.18. The topological polar surface area (TPSA) is 111 Å². The first kappa shape index (κ1) is 22.2. The number of anilines is 1. The number of carbonyl (C=O) groups is 1. The molecule has 0 aliphatic carbocycles. The molecule has 0 fully saturated rings. The van der Waals surface area contributed by atoms with Crippen LogP contribution in [0.15, 0.2) is 70.1 Å². The van der Waals surface area contributed by atoms with E-state index in [1.54, 1.807) is 16.8 Å². The van der Waals surface area contributed by atoms with E-state index >= 15 is 0 Å². The van der Waals surface area contributed by atoms with Crippen LogP contribution in [-0.2, 0) is 4.79 Å². The Bertz CT molecular complexity index is 1350. The molecule has 10 heteroatoms. The molecule has 1 aliphatic heterocycles. The maximum atomic E-state index is 11.7. The molecule has 0 radical (unpaired) electrons. The molecule has 2 heterocycles. The highest BCUT2D eigenvalue weighted by molar-refractivity contribution is 7.07. The van der Waals surface area contributed by atoms with E-state index in [-0.39, 0.29) is 18.2 Å². The fourth-order valence-corrected chi connectivity index (χ4v) is 4.01. The smallest absolute Gasteiger partial charge is 0.269 e. The van der Waals surface area contributed by atoms with Gasteiger partial charge in [0.25, 0.3) is 11.6 Å². The minimum Gasteiger partial charge on any atom is -0.482 e. The van der Waals surface area contributed by atoms with E-state index in [1.807, 2.05) is 37.4 Å². The lowest BCUT2D eigenvalue weighted by Crippen LogP contribution is -2.25. The number of thiazole rings is 1. The predicted octanol–water partition coefficient (Wildman–Crippen LogP) is 4.20. The second-order valence-electron chi connectivity index (χ2n) is 7.53. The summed E-state index contributed by atoms with van der Waals surface area (Å²) in [5.41, 5.74) is 4.56. The molecule has 2 aromatic carbocycles. The summed E-state index contributed by atoms with van der Waals surface area (Å²) in [5, 5.41) is 20.5. The van der Waals surface area contributed by atoms with Crippen LogP contribution in [0.25, 0.3) is 11.3 Å². The summed E-state index contributed by atoms with van der Waals surface area (Å²) < 4.78 is 7.19. The first-order valence-electron chi connectivity index (χ1n) is 10.0. The summed E-state index contributed by atoms with van der Waals surface area (Å²) in [6, 6.07) is 11.8. The van der Waals surface area contributed by atoms with Gasteiger partial charge in [0.2, 0.25) is 4.80 Å². The predicted molar refractivity (Wildman–Crippen MR) is 128 cm³/mol. The Morgan fingerprint density at radius 3 is 2.73 bits per heavy atom. The summed E-state index contributed by atoms with van der Waals surface area (Å²) >= 11 is 1.43. The van der Waals surface area contributed by atoms with Gasteiger partial charge in [-0.1, -0.05) is 12.2 Å². The van der Waals surface area contributed by atoms with Crippen molar-refractivity contribution in [2.75, 3.05) is 18.5 Å². The number of carbonyl (C=O) groups excluding carboxylic acids is 1. The molecule has 0 spiro atoms. The Labute approximate surface area is 193 Å². The average Bonchev–Trinajstić information content (AvgIpc) is 3.19. The maximum Gasteiger partial charge on any atom is 0.269 e. The van der Waals surface area contributed by atoms with Crippen molar-refractivity contribution in [3.05, 3.63) is 80.5 Å². The van der Waals surface area contributed by atoms with Crippen LogP contribution >= 0.6 is 11.3 Å². The average molecular weight is 464 g/mol. The van der Waals surface area contributed by atoms with Crippen LogP contribution in [0, 0.1) is 10.1 Å². The lowest BCUT2D eigenvalue weighted by Gasteiger charge is -2.18. The molecule has 1 aromatic heterocycles. The highest BCUT2D eigenvalue weighted by Crippen LogP contribution is 2.33. The fraction of sp³-hybridized carbons (Fsp3) is 0.174. The molecule has 33 heavy (non-hydrogen) atoms. The minimum absolute atomic E-state index is 0.00649. The van der Waals surface area contributed by atoms with Gasteiger partial charge in [-0.2, -0.15) is 5.10 Å². The summed E-state index contributed by atoms with van der Waals surface area (Å²) in [5.74, 6) is 0.403. The molecule has 9 nitrogen and oxygen atoms in total. The third-order valence-electron chi connectivity index (χ3n) is 4.82. The van der Waals surface area contributed by atoms with E-state index in [9.17, 15) is 14.9 Å². The van der Waals surface area contributed by atoms with Crippen molar-refractivity contribution in [1.82, 2.24) is 4.68 Å². The van der Waals surface area contributed by atoms with Gasteiger partial charge < -0.3 is 10.1 Å². The highest BCUT2D eigenvalue weighted by atomic mass is 32.1. The second kappa shape index (κ2) is 9.21. The van der Waals surface area contributed by atoms with E-state index in [0.29, 0.717) is 28.5 Å². The van der Waals surface area contributed by atoms with Crippen LogP contribution in [0.5, 0.6) is 5.75 Å². The maximum absolute atomic E-state index is 11.7. The molecule has 3 aromatic rings. The highest BCUT2D eigenvalue weighted by Gasteiger charge is 2.18. The van der Waals surface area contributed by atoms with Crippen LogP contribution in [0.4, 0.5) is 11.4 Å². The van der Waals surface area contributed by atoms with Crippen molar-refractivity contribution in [2.24, 2.45) is 10.1 Å². The third-order valence-corrected chi connectivity index (χ3v) is 5.68. The number of amides is 1. The van der Waals surface area contributed by atoms with Crippen LogP contribution in [0.1, 0.15) is 19.4 Å². The zero-order valence-electron chi connectivity index (χ0n) is 18.1. The number of nitro groups is 1. The Balaban J connectivity index is 1.80. The van der Waals surface area contributed by atoms with E-state index < -0.39 is 4.92 Å². The van der Waals surface area contributed by atoms with Gasteiger partial charge in [-0.3, -0.25) is 19.9 Å². The van der Waals surface area contributed by atoms with Crippen molar-refractivity contribution in [1.29, 1.82) is 0 Å². The van der Waals surface area contributed by atoms with Gasteiger partial charge in [0.1, 0.15) is 5.75 Å². The number of benzene rings is 2. The molecule has 4 rings (SSSR count). The molecular formula is C23H21N5O4S. The van der Waals surface area contributed by atoms with E-state index in [0.717, 1.165) is 22.4 Å².